The SMILES string of the molecule is COc1ccc(-c2ccc(/C=C3\SC(=O)CC3=O)o2)cc1OC. The molecule has 0 N–H and O–H groups in total. The van der Waals surface area contributed by atoms with Crippen molar-refractivity contribution in [1.82, 2.24) is 0 Å². The van der Waals surface area contributed by atoms with E-state index in [-0.39, 0.29) is 17.3 Å². The van der Waals surface area contributed by atoms with Crippen molar-refractivity contribution in [2.75, 3.05) is 14.2 Å². The molecular formula is C17H14O5S. The molecule has 1 aromatic heterocycles. The van der Waals surface area contributed by atoms with Crippen molar-refractivity contribution >= 4 is 28.7 Å². The standard InChI is InChI=1S/C17H14O5S/c1-20-14-5-3-10(7-15(14)21-2)13-6-4-11(22-13)8-16-12(18)9-17(19)23-16/h3-8H,9H2,1-2H3/b16-8-. The van der Waals surface area contributed by atoms with Crippen molar-refractivity contribution in [3.63, 3.8) is 0 Å². The zero-order chi connectivity index (χ0) is 16.4. The van der Waals surface area contributed by atoms with E-state index in [9.17, 15) is 9.59 Å². The van der Waals surface area contributed by atoms with E-state index in [1.807, 2.05) is 12.1 Å². The van der Waals surface area contributed by atoms with Gasteiger partial charge in [-0.3, -0.25) is 9.59 Å². The molecule has 2 aromatic rings. The molecule has 0 unspecified atom stereocenters. The molecule has 1 fully saturated rings. The maximum absolute atomic E-state index is 11.6. The van der Waals surface area contributed by atoms with Gasteiger partial charge in [-0.05, 0) is 48.2 Å². The number of furan rings is 1. The van der Waals surface area contributed by atoms with Crippen molar-refractivity contribution in [3.8, 4) is 22.8 Å². The molecule has 118 valence electrons. The minimum atomic E-state index is -0.163. The van der Waals surface area contributed by atoms with Crippen LogP contribution in [0.5, 0.6) is 11.5 Å². The Labute approximate surface area is 137 Å². The number of Topliss-reactive ketones (excluding diaryl/α,β-unsaturated/α-hetero) is 1. The maximum atomic E-state index is 11.6. The average molecular weight is 330 g/mol. The van der Waals surface area contributed by atoms with Gasteiger partial charge in [-0.15, -0.1) is 0 Å². The van der Waals surface area contributed by atoms with Gasteiger partial charge in [0.05, 0.1) is 25.5 Å². The van der Waals surface area contributed by atoms with Crippen LogP contribution in [0, 0.1) is 0 Å². The highest BCUT2D eigenvalue weighted by molar-refractivity contribution is 8.18. The number of carbonyl (C=O) groups excluding carboxylic acids is 2. The molecule has 0 aliphatic carbocycles. The fraction of sp³-hybridized carbons (Fsp3) is 0.176. The van der Waals surface area contributed by atoms with Crippen molar-refractivity contribution < 1.29 is 23.5 Å². The summed E-state index contributed by atoms with van der Waals surface area (Å²) in [6.07, 6.45) is 1.56. The van der Waals surface area contributed by atoms with E-state index in [4.69, 9.17) is 13.9 Å². The van der Waals surface area contributed by atoms with E-state index in [1.165, 1.54) is 0 Å². The van der Waals surface area contributed by atoms with Gasteiger partial charge in [0.15, 0.2) is 17.3 Å². The molecular weight excluding hydrogens is 316 g/mol. The molecule has 5 nitrogen and oxygen atoms in total. The number of methoxy groups -OCH3 is 2. The third-order valence-corrected chi connectivity index (χ3v) is 4.31. The molecule has 1 aromatic carbocycles. The number of rotatable bonds is 4. The van der Waals surface area contributed by atoms with E-state index in [1.54, 1.807) is 38.5 Å². The largest absolute Gasteiger partial charge is 0.493 e. The predicted octanol–water partition coefficient (Wildman–Crippen LogP) is 3.54. The first-order valence-electron chi connectivity index (χ1n) is 6.88. The van der Waals surface area contributed by atoms with Crippen LogP contribution in [0.3, 0.4) is 0 Å². The number of ketones is 1. The first-order chi connectivity index (χ1) is 11.1. The van der Waals surface area contributed by atoms with Gasteiger partial charge in [-0.1, -0.05) is 0 Å². The van der Waals surface area contributed by atoms with Gasteiger partial charge in [0, 0.05) is 5.56 Å². The van der Waals surface area contributed by atoms with Crippen molar-refractivity contribution in [1.29, 1.82) is 0 Å². The second-order valence-corrected chi connectivity index (χ2v) is 5.95. The Kier molecular flexibility index (Phi) is 4.25. The van der Waals surface area contributed by atoms with Gasteiger partial charge in [0.2, 0.25) is 5.12 Å². The number of benzene rings is 1. The molecule has 6 heteroatoms. The molecule has 1 saturated heterocycles. The van der Waals surface area contributed by atoms with Crippen LogP contribution in [0.4, 0.5) is 0 Å². The predicted molar refractivity (Wildman–Crippen MR) is 87.4 cm³/mol. The molecule has 0 atom stereocenters. The number of thioether (sulfide) groups is 1. The smallest absolute Gasteiger partial charge is 0.201 e. The van der Waals surface area contributed by atoms with E-state index in [2.05, 4.69) is 0 Å². The lowest BCUT2D eigenvalue weighted by molar-refractivity contribution is -0.119. The second kappa shape index (κ2) is 6.34. The Hall–Kier alpha value is -2.47. The Balaban J connectivity index is 1.89. The van der Waals surface area contributed by atoms with Gasteiger partial charge < -0.3 is 13.9 Å². The number of hydrogen-bond donors (Lipinski definition) is 0. The van der Waals surface area contributed by atoms with Crippen LogP contribution in [0.15, 0.2) is 39.7 Å². The molecule has 23 heavy (non-hydrogen) atoms. The summed E-state index contributed by atoms with van der Waals surface area (Å²) in [5.74, 6) is 2.24. The summed E-state index contributed by atoms with van der Waals surface area (Å²) in [6, 6.07) is 9.03. The molecule has 1 aliphatic heterocycles. The van der Waals surface area contributed by atoms with E-state index >= 15 is 0 Å². The second-order valence-electron chi connectivity index (χ2n) is 4.85. The highest BCUT2D eigenvalue weighted by atomic mass is 32.2. The van der Waals surface area contributed by atoms with Gasteiger partial charge in [0.1, 0.15) is 11.5 Å². The summed E-state index contributed by atoms with van der Waals surface area (Å²) in [5, 5.41) is -0.132. The third kappa shape index (κ3) is 3.17. The fourth-order valence-corrected chi connectivity index (χ4v) is 3.06. The number of ether oxygens (including phenoxy) is 2. The summed E-state index contributed by atoms with van der Waals surface area (Å²) in [6.45, 7) is 0. The Morgan fingerprint density at radius 3 is 2.52 bits per heavy atom. The monoisotopic (exact) mass is 330 g/mol. The van der Waals surface area contributed by atoms with Crippen LogP contribution < -0.4 is 9.47 Å². The molecule has 0 saturated carbocycles. The third-order valence-electron chi connectivity index (χ3n) is 3.37. The van der Waals surface area contributed by atoms with E-state index in [0.29, 0.717) is 27.9 Å². The molecule has 1 aliphatic rings. The maximum Gasteiger partial charge on any atom is 0.201 e. The Morgan fingerprint density at radius 1 is 1.09 bits per heavy atom. The van der Waals surface area contributed by atoms with Gasteiger partial charge in [-0.2, -0.15) is 0 Å². The van der Waals surface area contributed by atoms with Crippen LogP contribution in [-0.2, 0) is 9.59 Å². The molecule has 0 amide bonds. The quantitative estimate of drug-likeness (QED) is 0.631. The highest BCUT2D eigenvalue weighted by Gasteiger charge is 2.26. The number of hydrogen-bond acceptors (Lipinski definition) is 6. The lowest BCUT2D eigenvalue weighted by Crippen LogP contribution is -1.91. The average Bonchev–Trinajstić information content (AvgIpc) is 3.13. The number of carbonyl (C=O) groups is 2. The lowest BCUT2D eigenvalue weighted by atomic mass is 10.1. The molecule has 0 bridgehead atoms. The van der Waals surface area contributed by atoms with E-state index < -0.39 is 0 Å². The lowest BCUT2D eigenvalue weighted by Gasteiger charge is -2.08. The molecule has 3 rings (SSSR count). The summed E-state index contributed by atoms with van der Waals surface area (Å²) in [7, 11) is 3.14. The normalized spacial score (nSPS) is 16.2. The van der Waals surface area contributed by atoms with Crippen molar-refractivity contribution in [2.45, 2.75) is 6.42 Å². The Bertz CT molecular complexity index is 803. The minimum absolute atomic E-state index is 0.0419. The van der Waals surface area contributed by atoms with Crippen LogP contribution in [0.25, 0.3) is 17.4 Å². The van der Waals surface area contributed by atoms with Gasteiger partial charge >= 0.3 is 0 Å². The van der Waals surface area contributed by atoms with Crippen LogP contribution >= 0.6 is 11.8 Å². The van der Waals surface area contributed by atoms with Crippen LogP contribution in [0.1, 0.15) is 12.2 Å². The molecule has 0 radical (unpaired) electrons. The first kappa shape index (κ1) is 15.4. The van der Waals surface area contributed by atoms with Crippen molar-refractivity contribution in [3.05, 3.63) is 41.0 Å². The highest BCUT2D eigenvalue weighted by Crippen LogP contribution is 2.35. The fourth-order valence-electron chi connectivity index (χ4n) is 2.25. The zero-order valence-corrected chi connectivity index (χ0v) is 13.4. The van der Waals surface area contributed by atoms with Crippen LogP contribution in [-0.4, -0.2) is 25.1 Å². The van der Waals surface area contributed by atoms with Crippen LogP contribution in [0.2, 0.25) is 0 Å². The van der Waals surface area contributed by atoms with E-state index in [0.717, 1.165) is 17.3 Å². The van der Waals surface area contributed by atoms with Gasteiger partial charge in [-0.25, -0.2) is 0 Å². The van der Waals surface area contributed by atoms with Crippen molar-refractivity contribution in [2.24, 2.45) is 0 Å². The first-order valence-corrected chi connectivity index (χ1v) is 7.70. The molecule has 2 heterocycles. The topological polar surface area (TPSA) is 65.7 Å². The van der Waals surface area contributed by atoms with Gasteiger partial charge in [0.25, 0.3) is 0 Å². The Morgan fingerprint density at radius 2 is 1.87 bits per heavy atom. The summed E-state index contributed by atoms with van der Waals surface area (Å²) in [4.78, 5) is 23.3. The molecule has 0 spiro atoms. The summed E-state index contributed by atoms with van der Waals surface area (Å²) in [5.41, 5.74) is 0.828. The number of allylic oxidation sites excluding steroid dienone is 1. The zero-order valence-electron chi connectivity index (χ0n) is 12.6. The summed E-state index contributed by atoms with van der Waals surface area (Å²) >= 11 is 0.961. The summed E-state index contributed by atoms with van der Waals surface area (Å²) < 4.78 is 16.2. The minimum Gasteiger partial charge on any atom is -0.493 e.